The van der Waals surface area contributed by atoms with Crippen LogP contribution in [-0.2, 0) is 24.2 Å². The summed E-state index contributed by atoms with van der Waals surface area (Å²) in [5.74, 6) is 1.17. The maximum Gasteiger partial charge on any atom is 0.224 e. The molecule has 1 N–H and O–H groups in total. The van der Waals surface area contributed by atoms with Crippen LogP contribution in [0.2, 0.25) is 0 Å². The number of hydrogen-bond donors (Lipinski definition) is 1. The molecule has 4 rings (SSSR count). The number of carbonyl (C=O) groups is 1. The molecule has 0 spiro atoms. The fraction of sp³-hybridized carbons (Fsp3) is 0.579. The first-order valence-electron chi connectivity index (χ1n) is 9.48. The van der Waals surface area contributed by atoms with E-state index in [1.54, 1.807) is 6.33 Å². The molecule has 1 amide bonds. The molecule has 0 radical (unpaired) electrons. The number of likely N-dealkylation sites (tertiary alicyclic amines) is 1. The van der Waals surface area contributed by atoms with Crippen molar-refractivity contribution in [3.05, 3.63) is 35.0 Å². The summed E-state index contributed by atoms with van der Waals surface area (Å²) in [5, 5.41) is 7.98. The molecule has 138 valence electrons. The van der Waals surface area contributed by atoms with Gasteiger partial charge in [-0.05, 0) is 45.6 Å². The lowest BCUT2D eigenvalue weighted by Gasteiger charge is -2.18. The van der Waals surface area contributed by atoms with Crippen molar-refractivity contribution < 1.29 is 4.79 Å². The maximum absolute atomic E-state index is 12.6. The number of rotatable bonds is 5. The molecule has 1 atom stereocenters. The molecule has 0 bridgehead atoms. The Kier molecular flexibility index (Phi) is 4.61. The number of aromatic nitrogens is 4. The van der Waals surface area contributed by atoms with Gasteiger partial charge in [-0.15, -0.1) is 0 Å². The first kappa shape index (κ1) is 17.0. The number of nitrogens with one attached hydrogen (secondary N) is 1. The van der Waals surface area contributed by atoms with Gasteiger partial charge in [-0.1, -0.05) is 0 Å². The minimum atomic E-state index is 0.203. The van der Waals surface area contributed by atoms with Crippen LogP contribution in [0.3, 0.4) is 0 Å². The molecule has 1 aliphatic carbocycles. The van der Waals surface area contributed by atoms with E-state index in [4.69, 9.17) is 0 Å². The van der Waals surface area contributed by atoms with Gasteiger partial charge in [0.1, 0.15) is 12.1 Å². The molecule has 7 heteroatoms. The minimum absolute atomic E-state index is 0.203. The van der Waals surface area contributed by atoms with Crippen LogP contribution in [0, 0.1) is 13.8 Å². The SMILES string of the molecule is Cc1cc(C)n(CCC(=O)N2CC[C@H](Nc3ncnc4c3CCC4)C2)n1. The normalized spacial score (nSPS) is 19.0. The highest BCUT2D eigenvalue weighted by Crippen LogP contribution is 2.26. The number of aryl methyl sites for hydroxylation is 4. The van der Waals surface area contributed by atoms with Gasteiger partial charge in [0.15, 0.2) is 0 Å². The van der Waals surface area contributed by atoms with E-state index in [-0.39, 0.29) is 11.9 Å². The summed E-state index contributed by atoms with van der Waals surface area (Å²) in [6.07, 6.45) is 6.37. The van der Waals surface area contributed by atoms with Gasteiger partial charge in [-0.3, -0.25) is 9.48 Å². The van der Waals surface area contributed by atoms with E-state index in [1.165, 1.54) is 11.3 Å². The van der Waals surface area contributed by atoms with Gasteiger partial charge in [0.25, 0.3) is 0 Å². The van der Waals surface area contributed by atoms with Crippen LogP contribution in [0.1, 0.15) is 41.9 Å². The lowest BCUT2D eigenvalue weighted by atomic mass is 10.2. The number of hydrogen-bond acceptors (Lipinski definition) is 5. The zero-order chi connectivity index (χ0) is 18.1. The average molecular weight is 354 g/mol. The second-order valence-electron chi connectivity index (χ2n) is 7.37. The first-order valence-corrected chi connectivity index (χ1v) is 9.48. The summed E-state index contributed by atoms with van der Waals surface area (Å²) in [5.41, 5.74) is 4.55. The Balaban J connectivity index is 1.31. The molecule has 0 aromatic carbocycles. The van der Waals surface area contributed by atoms with E-state index in [1.807, 2.05) is 29.5 Å². The Labute approximate surface area is 153 Å². The van der Waals surface area contributed by atoms with Crippen LogP contribution >= 0.6 is 0 Å². The molecular weight excluding hydrogens is 328 g/mol. The zero-order valence-electron chi connectivity index (χ0n) is 15.5. The smallest absolute Gasteiger partial charge is 0.224 e. The summed E-state index contributed by atoms with van der Waals surface area (Å²) >= 11 is 0. The van der Waals surface area contributed by atoms with Crippen LogP contribution in [0.15, 0.2) is 12.4 Å². The van der Waals surface area contributed by atoms with Gasteiger partial charge in [0, 0.05) is 49.0 Å². The summed E-state index contributed by atoms with van der Waals surface area (Å²) in [7, 11) is 0. The number of anilines is 1. The fourth-order valence-electron chi connectivity index (χ4n) is 4.04. The third-order valence-corrected chi connectivity index (χ3v) is 5.40. The Morgan fingerprint density at radius 3 is 3.00 bits per heavy atom. The molecular formula is C19H26N6O. The molecule has 7 nitrogen and oxygen atoms in total. The minimum Gasteiger partial charge on any atom is -0.365 e. The Bertz CT molecular complexity index is 814. The summed E-state index contributed by atoms with van der Waals surface area (Å²) < 4.78 is 1.92. The van der Waals surface area contributed by atoms with Crippen molar-refractivity contribution in [2.75, 3.05) is 18.4 Å². The molecule has 1 aliphatic heterocycles. The monoisotopic (exact) mass is 354 g/mol. The Hall–Kier alpha value is -2.44. The molecule has 2 aromatic heterocycles. The average Bonchev–Trinajstić information content (AvgIpc) is 3.33. The van der Waals surface area contributed by atoms with Gasteiger partial charge >= 0.3 is 0 Å². The highest BCUT2D eigenvalue weighted by molar-refractivity contribution is 5.76. The quantitative estimate of drug-likeness (QED) is 0.887. The highest BCUT2D eigenvalue weighted by Gasteiger charge is 2.27. The molecule has 2 aliphatic rings. The van der Waals surface area contributed by atoms with E-state index >= 15 is 0 Å². The van der Waals surface area contributed by atoms with Crippen molar-refractivity contribution in [1.82, 2.24) is 24.6 Å². The molecule has 0 saturated carbocycles. The van der Waals surface area contributed by atoms with Crippen LogP contribution in [0.4, 0.5) is 5.82 Å². The number of carbonyl (C=O) groups excluding carboxylic acids is 1. The van der Waals surface area contributed by atoms with Crippen LogP contribution < -0.4 is 5.32 Å². The van der Waals surface area contributed by atoms with Gasteiger partial charge in [-0.25, -0.2) is 9.97 Å². The molecule has 26 heavy (non-hydrogen) atoms. The summed E-state index contributed by atoms with van der Waals surface area (Å²) in [4.78, 5) is 23.3. The van der Waals surface area contributed by atoms with Crippen molar-refractivity contribution in [3.8, 4) is 0 Å². The van der Waals surface area contributed by atoms with E-state index < -0.39 is 0 Å². The fourth-order valence-corrected chi connectivity index (χ4v) is 4.04. The predicted molar refractivity (Wildman–Crippen MR) is 99.0 cm³/mol. The lowest BCUT2D eigenvalue weighted by molar-refractivity contribution is -0.130. The van der Waals surface area contributed by atoms with Crippen LogP contribution in [0.25, 0.3) is 0 Å². The van der Waals surface area contributed by atoms with Gasteiger partial charge < -0.3 is 10.2 Å². The van der Waals surface area contributed by atoms with Crippen molar-refractivity contribution in [2.24, 2.45) is 0 Å². The zero-order valence-corrected chi connectivity index (χ0v) is 15.5. The Morgan fingerprint density at radius 2 is 2.19 bits per heavy atom. The molecule has 0 unspecified atom stereocenters. The number of nitrogens with zero attached hydrogens (tertiary/aromatic N) is 5. The van der Waals surface area contributed by atoms with E-state index in [0.717, 1.165) is 56.0 Å². The topological polar surface area (TPSA) is 75.9 Å². The largest absolute Gasteiger partial charge is 0.365 e. The van der Waals surface area contributed by atoms with E-state index in [0.29, 0.717) is 13.0 Å². The molecule has 1 saturated heterocycles. The highest BCUT2D eigenvalue weighted by atomic mass is 16.2. The standard InChI is InChI=1S/C19H26N6O/c1-13-10-14(2)25(23-13)9-7-18(26)24-8-6-15(11-24)22-19-16-4-3-5-17(16)20-12-21-19/h10,12,15H,3-9,11H2,1-2H3,(H,20,21,22)/t15-/m0/s1. The van der Waals surface area contributed by atoms with Crippen molar-refractivity contribution in [2.45, 2.75) is 58.5 Å². The number of amides is 1. The van der Waals surface area contributed by atoms with E-state index in [9.17, 15) is 4.79 Å². The predicted octanol–water partition coefficient (Wildman–Crippen LogP) is 1.88. The summed E-state index contributed by atoms with van der Waals surface area (Å²) in [6, 6.07) is 2.31. The van der Waals surface area contributed by atoms with Gasteiger partial charge in [0.2, 0.25) is 5.91 Å². The second-order valence-corrected chi connectivity index (χ2v) is 7.37. The third kappa shape index (κ3) is 3.43. The van der Waals surface area contributed by atoms with Crippen molar-refractivity contribution >= 4 is 11.7 Å². The lowest BCUT2D eigenvalue weighted by Crippen LogP contribution is -2.32. The first-order chi connectivity index (χ1) is 12.6. The van der Waals surface area contributed by atoms with Gasteiger partial charge in [-0.2, -0.15) is 5.10 Å². The second kappa shape index (κ2) is 7.05. The van der Waals surface area contributed by atoms with Crippen LogP contribution in [-0.4, -0.2) is 49.7 Å². The van der Waals surface area contributed by atoms with Crippen LogP contribution in [0.5, 0.6) is 0 Å². The van der Waals surface area contributed by atoms with E-state index in [2.05, 4.69) is 20.4 Å². The number of fused-ring (bicyclic) bond motifs is 1. The van der Waals surface area contributed by atoms with Gasteiger partial charge in [0.05, 0.1) is 5.69 Å². The van der Waals surface area contributed by atoms with Crippen molar-refractivity contribution in [1.29, 1.82) is 0 Å². The molecule has 1 fully saturated rings. The summed E-state index contributed by atoms with van der Waals surface area (Å²) in [6.45, 7) is 6.20. The maximum atomic E-state index is 12.6. The van der Waals surface area contributed by atoms with Crippen molar-refractivity contribution in [3.63, 3.8) is 0 Å². The third-order valence-electron chi connectivity index (χ3n) is 5.40. The Morgan fingerprint density at radius 1 is 1.31 bits per heavy atom. The molecule has 3 heterocycles. The molecule has 2 aromatic rings.